The fraction of sp³-hybridized carbons (Fsp3) is 0.258. The lowest BCUT2D eigenvalue weighted by Gasteiger charge is -2.27. The number of benzene rings is 3. The molecule has 1 heterocycles. The van der Waals surface area contributed by atoms with Crippen LogP contribution in [0.15, 0.2) is 60.2 Å². The molecule has 3 aromatic rings. The molecule has 0 radical (unpaired) electrons. The predicted octanol–water partition coefficient (Wildman–Crippen LogP) is 6.72. The number of rotatable bonds is 6. The second-order valence-corrected chi connectivity index (χ2v) is 11.2. The van der Waals surface area contributed by atoms with Crippen LogP contribution in [0.25, 0.3) is 5.76 Å². The number of amides is 1. The number of ether oxygens (including phenoxy) is 3. The molecular formula is C31H29Cl2NO7. The van der Waals surface area contributed by atoms with Crippen molar-refractivity contribution in [1.29, 1.82) is 0 Å². The average molecular weight is 598 g/mol. The van der Waals surface area contributed by atoms with Gasteiger partial charge in [0.1, 0.15) is 10.8 Å². The lowest BCUT2D eigenvalue weighted by molar-refractivity contribution is -0.132. The smallest absolute Gasteiger partial charge is 0.337 e. The van der Waals surface area contributed by atoms with Crippen LogP contribution in [-0.2, 0) is 19.7 Å². The first-order valence-electron chi connectivity index (χ1n) is 12.6. The first-order chi connectivity index (χ1) is 19.3. The summed E-state index contributed by atoms with van der Waals surface area (Å²) in [4.78, 5) is 40.8. The van der Waals surface area contributed by atoms with Crippen molar-refractivity contribution in [2.45, 2.75) is 32.2 Å². The van der Waals surface area contributed by atoms with E-state index in [2.05, 4.69) is 20.8 Å². The summed E-state index contributed by atoms with van der Waals surface area (Å²) in [5.41, 5.74) is 1.66. The minimum absolute atomic E-state index is 0.000855. The van der Waals surface area contributed by atoms with E-state index in [0.29, 0.717) is 5.56 Å². The number of carbonyl (C=O) groups excluding carboxylic acids is 3. The Labute approximate surface area is 248 Å². The Hall–Kier alpha value is -4.01. The molecule has 10 heteroatoms. The summed E-state index contributed by atoms with van der Waals surface area (Å²) in [7, 11) is 3.96. The minimum atomic E-state index is -1.07. The summed E-state index contributed by atoms with van der Waals surface area (Å²) >= 11 is 12.8. The zero-order chi connectivity index (χ0) is 30.2. The highest BCUT2D eigenvalue weighted by Crippen LogP contribution is 2.48. The van der Waals surface area contributed by atoms with Gasteiger partial charge in [0.15, 0.2) is 11.5 Å². The van der Waals surface area contributed by atoms with Crippen molar-refractivity contribution < 1.29 is 33.7 Å². The van der Waals surface area contributed by atoms with Gasteiger partial charge in [-0.3, -0.25) is 14.5 Å². The predicted molar refractivity (Wildman–Crippen MR) is 157 cm³/mol. The van der Waals surface area contributed by atoms with Crippen LogP contribution in [0.4, 0.5) is 5.69 Å². The minimum Gasteiger partial charge on any atom is -0.507 e. The van der Waals surface area contributed by atoms with Crippen LogP contribution in [0, 0.1) is 0 Å². The summed E-state index contributed by atoms with van der Waals surface area (Å²) in [6, 6.07) is 13.8. The Kier molecular flexibility index (Phi) is 8.38. The summed E-state index contributed by atoms with van der Waals surface area (Å²) in [5, 5.41) is 11.7. The van der Waals surface area contributed by atoms with Gasteiger partial charge in [0.2, 0.25) is 0 Å². The Morgan fingerprint density at radius 1 is 0.927 bits per heavy atom. The van der Waals surface area contributed by atoms with Gasteiger partial charge >= 0.3 is 5.97 Å². The van der Waals surface area contributed by atoms with Gasteiger partial charge in [0.05, 0.1) is 49.1 Å². The number of carbonyl (C=O) groups is 3. The molecule has 0 aromatic heterocycles. The molecule has 0 bridgehead atoms. The molecule has 1 fully saturated rings. The maximum atomic E-state index is 13.6. The molecule has 1 N–H and O–H groups in total. The number of nitrogens with zero attached hydrogens (tertiary/aromatic N) is 1. The van der Waals surface area contributed by atoms with E-state index in [4.69, 9.17) is 37.4 Å². The standard InChI is InChI=1S/C31H29Cl2NO7/c1-31(2,3)18-12-10-16(11-13-18)24-22(25(35)20-15-21(32)28(40-5)23(33)27(20)39-4)26(36)29(37)34(24)19-9-7-8-17(14-19)30(38)41-6/h7-15,24,35H,1-6H3/b25-22+. The first kappa shape index (κ1) is 30.0. The van der Waals surface area contributed by atoms with Gasteiger partial charge in [-0.25, -0.2) is 4.79 Å². The Morgan fingerprint density at radius 2 is 1.56 bits per heavy atom. The number of halogens is 2. The van der Waals surface area contributed by atoms with Crippen LogP contribution < -0.4 is 14.4 Å². The monoisotopic (exact) mass is 597 g/mol. The number of esters is 1. The van der Waals surface area contributed by atoms with Crippen molar-refractivity contribution in [1.82, 2.24) is 0 Å². The van der Waals surface area contributed by atoms with Crippen LogP contribution in [0.5, 0.6) is 11.5 Å². The van der Waals surface area contributed by atoms with E-state index in [0.717, 1.165) is 5.56 Å². The molecule has 1 aliphatic heterocycles. The number of anilines is 1. The number of hydrogen-bond donors (Lipinski definition) is 1. The van der Waals surface area contributed by atoms with Crippen molar-refractivity contribution in [3.8, 4) is 11.5 Å². The van der Waals surface area contributed by atoms with Crippen molar-refractivity contribution >= 4 is 52.3 Å². The van der Waals surface area contributed by atoms with Gasteiger partial charge in [0, 0.05) is 5.69 Å². The van der Waals surface area contributed by atoms with E-state index in [-0.39, 0.29) is 49.3 Å². The van der Waals surface area contributed by atoms with E-state index in [1.807, 2.05) is 12.1 Å². The molecule has 41 heavy (non-hydrogen) atoms. The van der Waals surface area contributed by atoms with E-state index in [9.17, 15) is 19.5 Å². The third kappa shape index (κ3) is 5.37. The molecule has 1 saturated heterocycles. The zero-order valence-corrected chi connectivity index (χ0v) is 24.9. The Bertz CT molecular complexity index is 1570. The van der Waals surface area contributed by atoms with Gasteiger partial charge in [-0.1, -0.05) is 74.3 Å². The van der Waals surface area contributed by atoms with Gasteiger partial charge in [-0.05, 0) is 40.8 Å². The second-order valence-electron chi connectivity index (χ2n) is 10.4. The van der Waals surface area contributed by atoms with Gasteiger partial charge in [-0.2, -0.15) is 0 Å². The Morgan fingerprint density at radius 3 is 2.12 bits per heavy atom. The molecule has 1 amide bonds. The van der Waals surface area contributed by atoms with E-state index in [1.165, 1.54) is 44.4 Å². The molecule has 0 saturated carbocycles. The summed E-state index contributed by atoms with van der Waals surface area (Å²) in [6.45, 7) is 6.20. The van der Waals surface area contributed by atoms with Crippen LogP contribution in [0.3, 0.4) is 0 Å². The van der Waals surface area contributed by atoms with Gasteiger partial charge in [0.25, 0.3) is 11.7 Å². The third-order valence-corrected chi connectivity index (χ3v) is 7.50. The maximum absolute atomic E-state index is 13.6. The van der Waals surface area contributed by atoms with Crippen LogP contribution >= 0.6 is 23.2 Å². The fourth-order valence-electron chi connectivity index (χ4n) is 4.77. The molecule has 1 atom stereocenters. The zero-order valence-electron chi connectivity index (χ0n) is 23.4. The number of Topliss-reactive ketones (excluding diaryl/α,β-unsaturated/α-hetero) is 1. The lowest BCUT2D eigenvalue weighted by Crippen LogP contribution is -2.29. The SMILES string of the molecule is COC(=O)c1cccc(N2C(=O)C(=O)/C(=C(/O)c3cc(Cl)c(OC)c(Cl)c3OC)C2c2ccc(C(C)(C)C)cc2)c1. The summed E-state index contributed by atoms with van der Waals surface area (Å²) < 4.78 is 15.5. The van der Waals surface area contributed by atoms with Gasteiger partial charge < -0.3 is 19.3 Å². The molecule has 8 nitrogen and oxygen atoms in total. The number of aliphatic hydroxyl groups excluding tert-OH is 1. The maximum Gasteiger partial charge on any atom is 0.337 e. The molecule has 214 valence electrons. The molecule has 3 aromatic carbocycles. The number of ketones is 1. The lowest BCUT2D eigenvalue weighted by atomic mass is 9.85. The average Bonchev–Trinajstić information content (AvgIpc) is 3.21. The number of hydrogen-bond acceptors (Lipinski definition) is 7. The third-order valence-electron chi connectivity index (χ3n) is 6.88. The molecule has 0 aliphatic carbocycles. The Balaban J connectivity index is 2.01. The van der Waals surface area contributed by atoms with Crippen LogP contribution in [0.2, 0.25) is 10.0 Å². The van der Waals surface area contributed by atoms with Crippen molar-refractivity contribution in [3.63, 3.8) is 0 Å². The quantitative estimate of drug-likeness (QED) is 0.145. The number of methoxy groups -OCH3 is 3. The highest BCUT2D eigenvalue weighted by atomic mass is 35.5. The van der Waals surface area contributed by atoms with Gasteiger partial charge in [-0.15, -0.1) is 0 Å². The molecule has 1 unspecified atom stereocenters. The van der Waals surface area contributed by atoms with E-state index >= 15 is 0 Å². The normalized spacial score (nSPS) is 16.6. The largest absolute Gasteiger partial charge is 0.507 e. The van der Waals surface area contributed by atoms with Crippen LogP contribution in [-0.4, -0.2) is 44.1 Å². The van der Waals surface area contributed by atoms with E-state index < -0.39 is 29.5 Å². The highest BCUT2D eigenvalue weighted by molar-refractivity contribution is 6.52. The van der Waals surface area contributed by atoms with E-state index in [1.54, 1.807) is 24.3 Å². The second kappa shape index (κ2) is 11.5. The molecule has 1 aliphatic rings. The summed E-state index contributed by atoms with van der Waals surface area (Å²) in [6.07, 6.45) is 0. The molecule has 0 spiro atoms. The van der Waals surface area contributed by atoms with Crippen LogP contribution in [0.1, 0.15) is 53.9 Å². The first-order valence-corrected chi connectivity index (χ1v) is 13.3. The van der Waals surface area contributed by atoms with Crippen molar-refractivity contribution in [2.24, 2.45) is 0 Å². The fourth-order valence-corrected chi connectivity index (χ4v) is 5.46. The summed E-state index contributed by atoms with van der Waals surface area (Å²) in [5.74, 6) is -2.86. The van der Waals surface area contributed by atoms with Crippen molar-refractivity contribution in [2.75, 3.05) is 26.2 Å². The highest BCUT2D eigenvalue weighted by Gasteiger charge is 2.47. The van der Waals surface area contributed by atoms with Crippen molar-refractivity contribution in [3.05, 3.63) is 92.5 Å². The molecule has 4 rings (SSSR count). The topological polar surface area (TPSA) is 102 Å². The number of aliphatic hydroxyl groups is 1. The molecular weight excluding hydrogens is 569 g/mol.